The fraction of sp³-hybridized carbons (Fsp3) is 0.457. The van der Waals surface area contributed by atoms with Crippen molar-refractivity contribution in [1.82, 2.24) is 0 Å². The van der Waals surface area contributed by atoms with Crippen molar-refractivity contribution in [2.24, 2.45) is 9.54 Å². The largest absolute Gasteiger partial charge is 0.494 e. The van der Waals surface area contributed by atoms with Crippen molar-refractivity contribution in [3.05, 3.63) is 131 Å². The van der Waals surface area contributed by atoms with E-state index in [1.807, 2.05) is 102 Å². The van der Waals surface area contributed by atoms with Crippen LogP contribution >= 0.6 is 0 Å². The van der Waals surface area contributed by atoms with Crippen LogP contribution in [0, 0.1) is 11.6 Å². The number of benzene rings is 4. The van der Waals surface area contributed by atoms with Gasteiger partial charge in [-0.15, -0.1) is 0 Å². The van der Waals surface area contributed by atoms with Crippen molar-refractivity contribution in [1.29, 1.82) is 0 Å². The fourth-order valence-corrected chi connectivity index (χ4v) is 4.54. The normalized spacial score (nSPS) is 11.8. The Morgan fingerprint density at radius 1 is 0.661 bits per heavy atom. The zero-order valence-corrected chi connectivity index (χ0v) is 41.7. The van der Waals surface area contributed by atoms with E-state index >= 15 is 0 Å². The number of methoxy groups -OCH3 is 2. The number of hydrogen-bond donors (Lipinski definition) is 6. The molecule has 3 atom stereocenters. The maximum atomic E-state index is 13.7. The van der Waals surface area contributed by atoms with Crippen LogP contribution in [0.2, 0.25) is 0 Å². The molecule has 7 N–H and O–H groups in total. The van der Waals surface area contributed by atoms with Gasteiger partial charge in [0.05, 0.1) is 46.5 Å². The van der Waals surface area contributed by atoms with E-state index in [0.29, 0.717) is 29.7 Å². The Labute approximate surface area is 389 Å². The van der Waals surface area contributed by atoms with E-state index in [1.165, 1.54) is 32.4 Å². The van der Waals surface area contributed by atoms with E-state index in [0.717, 1.165) is 11.1 Å². The molecular formula is C46H72F2N2O9S2Ti. The van der Waals surface area contributed by atoms with E-state index in [-0.39, 0.29) is 64.4 Å². The Kier molecular flexibility index (Phi) is 40.4. The molecule has 0 radical (unpaired) electrons. The van der Waals surface area contributed by atoms with Gasteiger partial charge in [0.15, 0.2) is 23.1 Å². The first kappa shape index (κ1) is 65.4. The standard InChI is InChI=1S/C19H22FNO2S.C15H15FO2.C4H11NOS.4C2H6O.Ti/c1-19(2,3)24(22)21-17(12-14-8-6-5-7-9-14)15-10-11-16(20)18(13-15)23-4;1-18-15-10-12(7-8-13(15)16)14(17)9-11-5-3-2-4-6-11;1-4(2,3)7(5)6;4*1-2-3;/h5-11,13H,12H2,1-4H3;2-8,10,14,17H,9H2,1H3;5H2,1-3H3;4*3H,2H2,1H3;/t24-;;7-;;;;;/m1.1...../s1. The van der Waals surface area contributed by atoms with Crippen molar-refractivity contribution >= 4 is 27.7 Å². The molecule has 11 nitrogen and oxygen atoms in total. The molecule has 62 heavy (non-hydrogen) atoms. The third-order valence-electron chi connectivity index (χ3n) is 6.85. The quantitative estimate of drug-likeness (QED) is 0.0717. The van der Waals surface area contributed by atoms with Crippen molar-refractivity contribution in [2.45, 2.75) is 97.7 Å². The third-order valence-corrected chi connectivity index (χ3v) is 9.49. The Bertz CT molecular complexity index is 1770. The summed E-state index contributed by atoms with van der Waals surface area (Å²) in [7, 11) is 0.244. The van der Waals surface area contributed by atoms with Crippen LogP contribution in [0.25, 0.3) is 0 Å². The van der Waals surface area contributed by atoms with Gasteiger partial charge < -0.3 is 35.0 Å². The molecule has 4 rings (SSSR count). The molecule has 0 aliphatic carbocycles. The molecule has 4 aromatic carbocycles. The molecule has 0 aliphatic heterocycles. The molecule has 0 spiro atoms. The topological polar surface area (TPSA) is 192 Å². The number of nitrogens with zero attached hydrogens (tertiary/aromatic N) is 1. The van der Waals surface area contributed by atoms with Crippen LogP contribution in [0.5, 0.6) is 11.5 Å². The Morgan fingerprint density at radius 2 is 1.03 bits per heavy atom. The van der Waals surface area contributed by atoms with Gasteiger partial charge in [-0.3, -0.25) is 5.14 Å². The first-order chi connectivity index (χ1) is 28.6. The zero-order valence-electron chi connectivity index (χ0n) is 38.5. The number of aliphatic hydroxyl groups is 5. The Balaban J connectivity index is -0.000000387. The van der Waals surface area contributed by atoms with Crippen molar-refractivity contribution in [3.8, 4) is 11.5 Å². The molecule has 1 unspecified atom stereocenters. The molecule has 0 amide bonds. The summed E-state index contributed by atoms with van der Waals surface area (Å²) >= 11 is 0. The molecule has 16 heteroatoms. The van der Waals surface area contributed by atoms with Gasteiger partial charge >= 0.3 is 0 Å². The fourth-order valence-electron chi connectivity index (χ4n) is 3.89. The summed E-state index contributed by atoms with van der Waals surface area (Å²) in [6.45, 7) is 18.9. The van der Waals surface area contributed by atoms with Gasteiger partial charge in [-0.1, -0.05) is 66.7 Å². The second-order valence-corrected chi connectivity index (χ2v) is 17.9. The van der Waals surface area contributed by atoms with Crippen LogP contribution in [0.3, 0.4) is 0 Å². The van der Waals surface area contributed by atoms with Gasteiger partial charge in [-0.25, -0.2) is 17.2 Å². The Hall–Kier alpha value is -3.22. The molecule has 0 fully saturated rings. The molecule has 0 heterocycles. The summed E-state index contributed by atoms with van der Waals surface area (Å²) < 4.78 is 63.4. The zero-order chi connectivity index (χ0) is 47.6. The van der Waals surface area contributed by atoms with Gasteiger partial charge in [0.1, 0.15) is 11.0 Å². The van der Waals surface area contributed by atoms with Crippen LogP contribution in [0.15, 0.2) is 101 Å². The first-order valence-electron chi connectivity index (χ1n) is 19.6. The minimum atomic E-state index is -1.40. The van der Waals surface area contributed by atoms with E-state index in [2.05, 4.69) is 4.40 Å². The molecule has 350 valence electrons. The van der Waals surface area contributed by atoms with Crippen molar-refractivity contribution < 1.29 is 73.9 Å². The number of ether oxygens (including phenoxy) is 2. The van der Waals surface area contributed by atoms with E-state index in [1.54, 1.807) is 45.9 Å². The molecule has 0 saturated heterocycles. The summed E-state index contributed by atoms with van der Waals surface area (Å²) in [6, 6.07) is 28.5. The summed E-state index contributed by atoms with van der Waals surface area (Å²) in [5, 5.41) is 45.4. The van der Waals surface area contributed by atoms with Crippen LogP contribution in [0.4, 0.5) is 8.78 Å². The predicted octanol–water partition coefficient (Wildman–Crippen LogP) is 7.84. The molecule has 0 saturated carbocycles. The summed E-state index contributed by atoms with van der Waals surface area (Å²) in [6.07, 6.45) is 0.342. The maximum absolute atomic E-state index is 13.7. The van der Waals surface area contributed by atoms with E-state index in [4.69, 9.17) is 35.0 Å². The smallest absolute Gasteiger partial charge is 0.165 e. The minimum absolute atomic E-state index is 0. The molecule has 0 aromatic heterocycles. The monoisotopic (exact) mass is 946 g/mol. The van der Waals surface area contributed by atoms with Gasteiger partial charge in [0, 0.05) is 66.6 Å². The van der Waals surface area contributed by atoms with Crippen LogP contribution in [-0.2, 0) is 56.5 Å². The maximum Gasteiger partial charge on any atom is 0.165 e. The average Bonchev–Trinajstić information content (AvgIpc) is 3.20. The number of rotatable bonds is 9. The van der Waals surface area contributed by atoms with E-state index in [9.17, 15) is 22.3 Å². The average molecular weight is 947 g/mol. The van der Waals surface area contributed by atoms with Crippen molar-refractivity contribution in [2.75, 3.05) is 40.6 Å². The number of hydrogen-bond acceptors (Lipinski definition) is 9. The number of halogens is 2. The number of nitrogens with two attached hydrogens (primary N) is 1. The second kappa shape index (κ2) is 38.3. The predicted molar refractivity (Wildman–Crippen MR) is 249 cm³/mol. The molecular weight excluding hydrogens is 875 g/mol. The van der Waals surface area contributed by atoms with E-state index < -0.39 is 44.5 Å². The summed E-state index contributed by atoms with van der Waals surface area (Å²) in [5.74, 6) is -0.556. The molecule has 4 aromatic rings. The van der Waals surface area contributed by atoms with Crippen molar-refractivity contribution in [3.63, 3.8) is 0 Å². The van der Waals surface area contributed by atoms with Gasteiger partial charge in [0.25, 0.3) is 0 Å². The second-order valence-electron chi connectivity index (χ2n) is 14.2. The minimum Gasteiger partial charge on any atom is -0.494 e. The SMILES string of the molecule is CC(C)(C)[S@](N)=O.CCO.CCO.CCO.CCO.COc1cc(C(Cc2ccccc2)=N[S@](=O)C(C)(C)C)ccc1F.COc1cc(C(O)Cc2ccccc2)ccc1F.[Ti]. The van der Waals surface area contributed by atoms with Crippen LogP contribution in [0.1, 0.15) is 97.6 Å². The van der Waals surface area contributed by atoms with Gasteiger partial charge in [-0.2, -0.15) is 4.40 Å². The first-order valence-corrected chi connectivity index (χ1v) is 22.0. The summed E-state index contributed by atoms with van der Waals surface area (Å²) in [4.78, 5) is 0. The van der Waals surface area contributed by atoms with Crippen LogP contribution in [-0.4, -0.2) is 89.8 Å². The van der Waals surface area contributed by atoms with Gasteiger partial charge in [-0.05, 0) is 116 Å². The molecule has 0 aliphatic rings. The third kappa shape index (κ3) is 31.6. The van der Waals surface area contributed by atoms with Gasteiger partial charge in [0.2, 0.25) is 0 Å². The number of aliphatic hydroxyl groups excluding tert-OH is 5. The van der Waals surface area contributed by atoms with Crippen LogP contribution < -0.4 is 14.6 Å². The Morgan fingerprint density at radius 3 is 1.40 bits per heavy atom. The molecule has 0 bridgehead atoms. The summed E-state index contributed by atoms with van der Waals surface area (Å²) in [5.41, 5.74) is 4.08.